The van der Waals surface area contributed by atoms with Crippen LogP contribution in [0.2, 0.25) is 0 Å². The quantitative estimate of drug-likeness (QED) is 0.254. The standard InChI is InChI=1S/C30H48O2/c1-4-6-8-9-23-32-29(31)30(3)21-19-28(20-22-30)27-17-15-26(16-18-27)25-13-11-24(12-14-25)10-7-5-2/h11-14,26-28H,4-10,15-23H2,1-3H3. The molecule has 0 radical (unpaired) electrons. The summed E-state index contributed by atoms with van der Waals surface area (Å²) in [7, 11) is 0. The molecule has 2 heteroatoms. The van der Waals surface area contributed by atoms with E-state index in [0.29, 0.717) is 6.61 Å². The monoisotopic (exact) mass is 440 g/mol. The van der Waals surface area contributed by atoms with Crippen molar-refractivity contribution >= 4 is 5.97 Å². The van der Waals surface area contributed by atoms with Gasteiger partial charge in [-0.25, -0.2) is 0 Å². The van der Waals surface area contributed by atoms with Crippen LogP contribution in [0.4, 0.5) is 0 Å². The smallest absolute Gasteiger partial charge is 0.311 e. The summed E-state index contributed by atoms with van der Waals surface area (Å²) in [6.45, 7) is 7.24. The molecule has 2 fully saturated rings. The van der Waals surface area contributed by atoms with Crippen LogP contribution in [0.25, 0.3) is 0 Å². The number of hydrogen-bond donors (Lipinski definition) is 0. The molecule has 2 aliphatic rings. The van der Waals surface area contributed by atoms with Gasteiger partial charge in [-0.05, 0) is 106 Å². The highest BCUT2D eigenvalue weighted by atomic mass is 16.5. The number of carbonyl (C=O) groups is 1. The van der Waals surface area contributed by atoms with E-state index in [9.17, 15) is 4.79 Å². The molecule has 0 aromatic heterocycles. The third-order valence-corrected chi connectivity index (χ3v) is 8.57. The Kier molecular flexibility index (Phi) is 10.1. The molecule has 180 valence electrons. The minimum Gasteiger partial charge on any atom is -0.465 e. The molecule has 0 saturated heterocycles. The first kappa shape index (κ1) is 25.3. The third-order valence-electron chi connectivity index (χ3n) is 8.57. The summed E-state index contributed by atoms with van der Waals surface area (Å²) < 4.78 is 5.67. The predicted molar refractivity (Wildman–Crippen MR) is 135 cm³/mol. The van der Waals surface area contributed by atoms with Crippen LogP contribution in [0.3, 0.4) is 0 Å². The second-order valence-corrected chi connectivity index (χ2v) is 11.1. The third kappa shape index (κ3) is 7.09. The molecule has 0 bridgehead atoms. The van der Waals surface area contributed by atoms with E-state index in [2.05, 4.69) is 45.0 Å². The summed E-state index contributed by atoms with van der Waals surface area (Å²) in [4.78, 5) is 12.7. The second-order valence-electron chi connectivity index (χ2n) is 11.1. The van der Waals surface area contributed by atoms with E-state index in [-0.39, 0.29) is 11.4 Å². The van der Waals surface area contributed by atoms with E-state index in [1.165, 1.54) is 82.6 Å². The Morgan fingerprint density at radius 1 is 0.844 bits per heavy atom. The molecule has 0 aliphatic heterocycles. The van der Waals surface area contributed by atoms with Gasteiger partial charge in [0.25, 0.3) is 0 Å². The topological polar surface area (TPSA) is 26.3 Å². The summed E-state index contributed by atoms with van der Waals surface area (Å²) >= 11 is 0. The van der Waals surface area contributed by atoms with Gasteiger partial charge in [-0.3, -0.25) is 4.79 Å². The minimum absolute atomic E-state index is 0.0681. The molecule has 0 amide bonds. The van der Waals surface area contributed by atoms with Crippen molar-refractivity contribution in [1.82, 2.24) is 0 Å². The molecule has 0 N–H and O–H groups in total. The molecule has 2 aliphatic carbocycles. The average molecular weight is 441 g/mol. The van der Waals surface area contributed by atoms with Crippen LogP contribution in [0.1, 0.15) is 128 Å². The minimum atomic E-state index is -0.238. The molecular formula is C30H48O2. The molecule has 0 unspecified atom stereocenters. The SMILES string of the molecule is CCCCCCOC(=O)C1(C)CCC(C2CCC(c3ccc(CCCC)cc3)CC2)CC1. The predicted octanol–water partition coefficient (Wildman–Crippen LogP) is 8.62. The fraction of sp³-hybridized carbons (Fsp3) is 0.767. The summed E-state index contributed by atoms with van der Waals surface area (Å²) in [5, 5.41) is 0. The highest BCUT2D eigenvalue weighted by Crippen LogP contribution is 2.47. The zero-order valence-electron chi connectivity index (χ0n) is 21.2. The number of aryl methyl sites for hydroxylation is 1. The molecule has 0 spiro atoms. The molecule has 32 heavy (non-hydrogen) atoms. The summed E-state index contributed by atoms with van der Waals surface area (Å²) in [5.41, 5.74) is 2.81. The molecule has 3 rings (SSSR count). The maximum atomic E-state index is 12.7. The van der Waals surface area contributed by atoms with Crippen LogP contribution in [0, 0.1) is 17.3 Å². The maximum Gasteiger partial charge on any atom is 0.311 e. The van der Waals surface area contributed by atoms with Crippen LogP contribution < -0.4 is 0 Å². The highest BCUT2D eigenvalue weighted by Gasteiger charge is 2.41. The van der Waals surface area contributed by atoms with Crippen molar-refractivity contribution in [2.45, 2.75) is 123 Å². The molecular weight excluding hydrogens is 392 g/mol. The largest absolute Gasteiger partial charge is 0.465 e. The normalized spacial score (nSPS) is 28.4. The first-order valence-electron chi connectivity index (χ1n) is 13.8. The number of carbonyl (C=O) groups excluding carboxylic acids is 1. The van der Waals surface area contributed by atoms with Gasteiger partial charge in [0, 0.05) is 0 Å². The van der Waals surface area contributed by atoms with Crippen LogP contribution in [0.5, 0.6) is 0 Å². The van der Waals surface area contributed by atoms with Crippen LogP contribution in [-0.4, -0.2) is 12.6 Å². The lowest BCUT2D eigenvalue weighted by molar-refractivity contribution is -0.158. The summed E-state index contributed by atoms with van der Waals surface area (Å²) in [5.74, 6) is 2.50. The van der Waals surface area contributed by atoms with E-state index in [1.54, 1.807) is 5.56 Å². The second kappa shape index (κ2) is 12.8. The van der Waals surface area contributed by atoms with Gasteiger partial charge in [-0.15, -0.1) is 0 Å². The van der Waals surface area contributed by atoms with E-state index in [4.69, 9.17) is 4.74 Å². The maximum absolute atomic E-state index is 12.7. The van der Waals surface area contributed by atoms with Crippen LogP contribution >= 0.6 is 0 Å². The number of ether oxygens (including phenoxy) is 1. The number of esters is 1. The molecule has 2 saturated carbocycles. The molecule has 2 nitrogen and oxygen atoms in total. The fourth-order valence-electron chi connectivity index (χ4n) is 6.08. The van der Waals surface area contributed by atoms with Gasteiger partial charge in [0.15, 0.2) is 0 Å². The van der Waals surface area contributed by atoms with Crippen molar-refractivity contribution < 1.29 is 9.53 Å². The first-order valence-corrected chi connectivity index (χ1v) is 13.8. The van der Waals surface area contributed by atoms with Crippen molar-refractivity contribution in [3.05, 3.63) is 35.4 Å². The number of benzene rings is 1. The molecule has 1 aromatic carbocycles. The van der Waals surface area contributed by atoms with E-state index in [0.717, 1.165) is 37.0 Å². The van der Waals surface area contributed by atoms with Crippen molar-refractivity contribution in [3.63, 3.8) is 0 Å². The molecule has 0 heterocycles. The lowest BCUT2D eigenvalue weighted by Gasteiger charge is -2.41. The van der Waals surface area contributed by atoms with Crippen molar-refractivity contribution in [1.29, 1.82) is 0 Å². The van der Waals surface area contributed by atoms with Crippen molar-refractivity contribution in [2.24, 2.45) is 17.3 Å². The first-order chi connectivity index (χ1) is 15.6. The lowest BCUT2D eigenvalue weighted by atomic mass is 9.64. The summed E-state index contributed by atoms with van der Waals surface area (Å²) in [6, 6.07) is 9.52. The van der Waals surface area contributed by atoms with Gasteiger partial charge in [-0.1, -0.05) is 63.8 Å². The Labute approximate surface area is 197 Å². The van der Waals surface area contributed by atoms with Gasteiger partial charge in [0.1, 0.15) is 0 Å². The van der Waals surface area contributed by atoms with Gasteiger partial charge in [0.05, 0.1) is 12.0 Å². The van der Waals surface area contributed by atoms with Gasteiger partial charge in [-0.2, -0.15) is 0 Å². The Bertz CT molecular complexity index is 661. The number of rotatable bonds is 11. The average Bonchev–Trinajstić information content (AvgIpc) is 2.83. The Morgan fingerprint density at radius 2 is 1.47 bits per heavy atom. The van der Waals surface area contributed by atoms with Gasteiger partial charge >= 0.3 is 5.97 Å². The van der Waals surface area contributed by atoms with E-state index < -0.39 is 0 Å². The molecule has 1 aromatic rings. The Morgan fingerprint density at radius 3 is 2.09 bits per heavy atom. The number of unbranched alkanes of at least 4 members (excludes halogenated alkanes) is 4. The van der Waals surface area contributed by atoms with E-state index in [1.807, 2.05) is 0 Å². The van der Waals surface area contributed by atoms with Gasteiger partial charge in [0.2, 0.25) is 0 Å². The highest BCUT2D eigenvalue weighted by molar-refractivity contribution is 5.76. The zero-order valence-corrected chi connectivity index (χ0v) is 21.2. The van der Waals surface area contributed by atoms with Crippen molar-refractivity contribution in [3.8, 4) is 0 Å². The van der Waals surface area contributed by atoms with Crippen LogP contribution in [0.15, 0.2) is 24.3 Å². The lowest BCUT2D eigenvalue weighted by Crippen LogP contribution is -2.36. The van der Waals surface area contributed by atoms with Crippen LogP contribution in [-0.2, 0) is 16.0 Å². The molecule has 0 atom stereocenters. The zero-order chi connectivity index (χ0) is 22.8. The number of hydrogen-bond acceptors (Lipinski definition) is 2. The van der Waals surface area contributed by atoms with Crippen molar-refractivity contribution in [2.75, 3.05) is 6.61 Å². The Balaban J connectivity index is 1.39. The Hall–Kier alpha value is -1.31. The summed E-state index contributed by atoms with van der Waals surface area (Å²) in [6.07, 6.45) is 18.3. The van der Waals surface area contributed by atoms with E-state index >= 15 is 0 Å². The van der Waals surface area contributed by atoms with Gasteiger partial charge < -0.3 is 4.74 Å². The fourth-order valence-corrected chi connectivity index (χ4v) is 6.08.